The number of oxazole rings is 1. The lowest BCUT2D eigenvalue weighted by Crippen LogP contribution is -2.36. The van der Waals surface area contributed by atoms with Crippen LogP contribution in [0.3, 0.4) is 0 Å². The van der Waals surface area contributed by atoms with E-state index in [1.54, 1.807) is 0 Å². The van der Waals surface area contributed by atoms with Gasteiger partial charge in [0.05, 0.1) is 13.1 Å². The number of rotatable bonds is 10. The molecular formula is C30H40N4O2. The summed E-state index contributed by atoms with van der Waals surface area (Å²) in [6.45, 7) is 11.2. The number of benzene rings is 2. The van der Waals surface area contributed by atoms with E-state index in [2.05, 4.69) is 66.2 Å². The molecule has 1 N–H and O–H groups in total. The molecule has 2 heterocycles. The Kier molecular flexibility index (Phi) is 9.31. The largest absolute Gasteiger partial charge is 0.444 e. The molecule has 3 aromatic rings. The summed E-state index contributed by atoms with van der Waals surface area (Å²) >= 11 is 0. The van der Waals surface area contributed by atoms with Crippen LogP contribution in [-0.2, 0) is 30.6 Å². The van der Waals surface area contributed by atoms with Gasteiger partial charge < -0.3 is 9.73 Å². The van der Waals surface area contributed by atoms with Crippen LogP contribution in [0, 0.1) is 0 Å². The molecule has 1 aliphatic heterocycles. The maximum Gasteiger partial charge on any atom is 0.238 e. The van der Waals surface area contributed by atoms with Gasteiger partial charge >= 0.3 is 0 Å². The van der Waals surface area contributed by atoms with Gasteiger partial charge in [-0.1, -0.05) is 69.3 Å². The van der Waals surface area contributed by atoms with E-state index in [0.29, 0.717) is 13.1 Å². The molecule has 192 valence electrons. The number of anilines is 1. The standard InChI is InChI=1S/C30H40N4O2/c1-4-12-26-30(25-13-8-7-9-14-25)32-28(36-26)22-34-18-11-17-33(19-20-34)21-27(35)31-29-23(5-2)15-10-16-24(29)6-3/h7-10,13-16H,4-6,11-12,17-22H2,1-3H3,(H,31,35). The molecule has 6 heteroatoms. The lowest BCUT2D eigenvalue weighted by Gasteiger charge is -2.21. The summed E-state index contributed by atoms with van der Waals surface area (Å²) < 4.78 is 6.22. The van der Waals surface area contributed by atoms with Gasteiger partial charge in [0.1, 0.15) is 11.5 Å². The third-order valence-corrected chi connectivity index (χ3v) is 6.94. The Hall–Kier alpha value is -2.96. The molecule has 0 bridgehead atoms. The van der Waals surface area contributed by atoms with Gasteiger partial charge in [-0.25, -0.2) is 4.98 Å². The van der Waals surface area contributed by atoms with Crippen LogP contribution in [0.15, 0.2) is 52.9 Å². The Morgan fingerprint density at radius 2 is 1.61 bits per heavy atom. The molecular weight excluding hydrogens is 448 g/mol. The number of amides is 1. The maximum absolute atomic E-state index is 12.9. The SMILES string of the molecule is CCCc1oc(CN2CCCN(CC(=O)Nc3c(CC)cccc3CC)CC2)nc1-c1ccccc1. The summed E-state index contributed by atoms with van der Waals surface area (Å²) in [4.78, 5) is 22.5. The first-order valence-corrected chi connectivity index (χ1v) is 13.5. The van der Waals surface area contributed by atoms with E-state index in [4.69, 9.17) is 9.40 Å². The molecule has 2 aromatic carbocycles. The van der Waals surface area contributed by atoms with Gasteiger partial charge in [0.25, 0.3) is 0 Å². The number of carbonyl (C=O) groups is 1. The Labute approximate surface area is 215 Å². The zero-order valence-corrected chi connectivity index (χ0v) is 22.1. The molecule has 1 aliphatic rings. The first-order chi connectivity index (χ1) is 17.6. The zero-order chi connectivity index (χ0) is 25.3. The van der Waals surface area contributed by atoms with E-state index in [0.717, 1.165) is 86.9 Å². The summed E-state index contributed by atoms with van der Waals surface area (Å²) in [5.74, 6) is 1.83. The number of aromatic nitrogens is 1. The molecule has 1 saturated heterocycles. The summed E-state index contributed by atoms with van der Waals surface area (Å²) in [7, 11) is 0. The number of hydrogen-bond acceptors (Lipinski definition) is 5. The first kappa shape index (κ1) is 26.1. The van der Waals surface area contributed by atoms with E-state index >= 15 is 0 Å². The Morgan fingerprint density at radius 1 is 0.917 bits per heavy atom. The van der Waals surface area contributed by atoms with Crippen molar-refractivity contribution in [2.75, 3.05) is 38.0 Å². The van der Waals surface area contributed by atoms with E-state index < -0.39 is 0 Å². The van der Waals surface area contributed by atoms with Gasteiger partial charge in [0.2, 0.25) is 11.8 Å². The number of nitrogens with one attached hydrogen (secondary N) is 1. The number of para-hydroxylation sites is 1. The van der Waals surface area contributed by atoms with Crippen molar-refractivity contribution < 1.29 is 9.21 Å². The van der Waals surface area contributed by atoms with Crippen molar-refractivity contribution in [1.82, 2.24) is 14.8 Å². The number of hydrogen-bond donors (Lipinski definition) is 1. The second-order valence-electron chi connectivity index (χ2n) is 9.61. The molecule has 4 rings (SSSR count). The van der Waals surface area contributed by atoms with Gasteiger partial charge in [-0.05, 0) is 49.9 Å². The van der Waals surface area contributed by atoms with Crippen molar-refractivity contribution >= 4 is 11.6 Å². The monoisotopic (exact) mass is 488 g/mol. The fourth-order valence-electron chi connectivity index (χ4n) is 5.00. The van der Waals surface area contributed by atoms with Gasteiger partial charge in [0, 0.05) is 30.8 Å². The minimum atomic E-state index is 0.0726. The van der Waals surface area contributed by atoms with Crippen molar-refractivity contribution in [3.8, 4) is 11.3 Å². The highest BCUT2D eigenvalue weighted by Crippen LogP contribution is 2.26. The molecule has 1 fully saturated rings. The Balaban J connectivity index is 1.35. The highest BCUT2D eigenvalue weighted by Gasteiger charge is 2.21. The van der Waals surface area contributed by atoms with Crippen LogP contribution >= 0.6 is 0 Å². The molecule has 0 radical (unpaired) electrons. The average Bonchev–Trinajstić information content (AvgIpc) is 3.16. The van der Waals surface area contributed by atoms with Crippen molar-refractivity contribution in [3.63, 3.8) is 0 Å². The van der Waals surface area contributed by atoms with E-state index in [9.17, 15) is 4.79 Å². The molecule has 0 spiro atoms. The predicted octanol–water partition coefficient (Wildman–Crippen LogP) is 5.57. The van der Waals surface area contributed by atoms with Crippen molar-refractivity contribution in [3.05, 3.63) is 71.3 Å². The minimum absolute atomic E-state index is 0.0726. The molecule has 0 aliphatic carbocycles. The zero-order valence-electron chi connectivity index (χ0n) is 22.1. The summed E-state index contributed by atoms with van der Waals surface area (Å²) in [6.07, 6.45) is 4.76. The van der Waals surface area contributed by atoms with E-state index in [-0.39, 0.29) is 5.91 Å². The predicted molar refractivity (Wildman–Crippen MR) is 146 cm³/mol. The number of nitrogens with zero attached hydrogens (tertiary/aromatic N) is 3. The Morgan fingerprint density at radius 3 is 2.31 bits per heavy atom. The van der Waals surface area contributed by atoms with Crippen LogP contribution in [0.2, 0.25) is 0 Å². The summed E-state index contributed by atoms with van der Waals surface area (Å²) in [5, 5.41) is 3.22. The Bertz CT molecular complexity index is 1100. The second kappa shape index (κ2) is 12.8. The molecule has 0 saturated carbocycles. The summed E-state index contributed by atoms with van der Waals surface area (Å²) in [5.41, 5.74) is 5.49. The van der Waals surface area contributed by atoms with Gasteiger partial charge in [0.15, 0.2) is 0 Å². The molecule has 1 aromatic heterocycles. The summed E-state index contributed by atoms with van der Waals surface area (Å²) in [6, 6.07) is 16.6. The number of aryl methyl sites for hydroxylation is 3. The molecule has 0 unspecified atom stereocenters. The average molecular weight is 489 g/mol. The molecule has 0 atom stereocenters. The van der Waals surface area contributed by atoms with Gasteiger partial charge in [-0.2, -0.15) is 0 Å². The van der Waals surface area contributed by atoms with Crippen LogP contribution in [0.25, 0.3) is 11.3 Å². The fourth-order valence-corrected chi connectivity index (χ4v) is 5.00. The van der Waals surface area contributed by atoms with Crippen LogP contribution in [0.4, 0.5) is 5.69 Å². The first-order valence-electron chi connectivity index (χ1n) is 13.5. The van der Waals surface area contributed by atoms with Crippen LogP contribution < -0.4 is 5.32 Å². The van der Waals surface area contributed by atoms with Crippen molar-refractivity contribution in [2.45, 2.75) is 59.4 Å². The van der Waals surface area contributed by atoms with Crippen molar-refractivity contribution in [1.29, 1.82) is 0 Å². The third-order valence-electron chi connectivity index (χ3n) is 6.94. The molecule has 36 heavy (non-hydrogen) atoms. The van der Waals surface area contributed by atoms with Crippen LogP contribution in [-0.4, -0.2) is 53.4 Å². The minimum Gasteiger partial charge on any atom is -0.444 e. The number of carbonyl (C=O) groups excluding carboxylic acids is 1. The molecule has 1 amide bonds. The third kappa shape index (κ3) is 6.62. The molecule has 6 nitrogen and oxygen atoms in total. The smallest absolute Gasteiger partial charge is 0.238 e. The highest BCUT2D eigenvalue weighted by molar-refractivity contribution is 5.93. The van der Waals surface area contributed by atoms with Crippen LogP contribution in [0.1, 0.15) is 56.4 Å². The maximum atomic E-state index is 12.9. The van der Waals surface area contributed by atoms with E-state index in [1.165, 1.54) is 11.1 Å². The quantitative estimate of drug-likeness (QED) is 0.405. The van der Waals surface area contributed by atoms with Gasteiger partial charge in [-0.15, -0.1) is 0 Å². The van der Waals surface area contributed by atoms with Crippen molar-refractivity contribution in [2.24, 2.45) is 0 Å². The normalized spacial score (nSPS) is 15.1. The van der Waals surface area contributed by atoms with E-state index in [1.807, 2.05) is 18.2 Å². The highest BCUT2D eigenvalue weighted by atomic mass is 16.4. The lowest BCUT2D eigenvalue weighted by molar-refractivity contribution is -0.117. The fraction of sp³-hybridized carbons (Fsp3) is 0.467. The topological polar surface area (TPSA) is 61.6 Å². The van der Waals surface area contributed by atoms with Gasteiger partial charge in [-0.3, -0.25) is 14.6 Å². The second-order valence-corrected chi connectivity index (χ2v) is 9.61. The van der Waals surface area contributed by atoms with Crippen LogP contribution in [0.5, 0.6) is 0 Å². The lowest BCUT2D eigenvalue weighted by atomic mass is 10.0.